The molecule has 0 aromatic heterocycles. The molecule has 106 valence electrons. The van der Waals surface area contributed by atoms with Gasteiger partial charge in [-0.15, -0.1) is 0 Å². The monoisotopic (exact) mass is 256 g/mol. The highest BCUT2D eigenvalue weighted by molar-refractivity contribution is 5.68. The fourth-order valence-electron chi connectivity index (χ4n) is 1.88. The van der Waals surface area contributed by atoms with Gasteiger partial charge in [0.05, 0.1) is 0 Å². The number of alkyl carbamates (subject to hydrolysis) is 1. The highest BCUT2D eigenvalue weighted by Crippen LogP contribution is 2.37. The lowest BCUT2D eigenvalue weighted by atomic mass is 9.96. The normalized spacial score (nSPS) is 19.5. The maximum absolute atomic E-state index is 11.7. The fourth-order valence-corrected chi connectivity index (χ4v) is 1.88. The summed E-state index contributed by atoms with van der Waals surface area (Å²) >= 11 is 0. The highest BCUT2D eigenvalue weighted by atomic mass is 16.6. The molecule has 4 heteroatoms. The van der Waals surface area contributed by atoms with Crippen LogP contribution in [0.4, 0.5) is 4.79 Å². The van der Waals surface area contributed by atoms with Gasteiger partial charge in [0.2, 0.25) is 0 Å². The number of ether oxygens (including phenoxy) is 1. The van der Waals surface area contributed by atoms with Crippen LogP contribution in [0.25, 0.3) is 0 Å². The van der Waals surface area contributed by atoms with Crippen LogP contribution in [-0.2, 0) is 4.74 Å². The number of amides is 1. The van der Waals surface area contributed by atoms with Crippen molar-refractivity contribution < 1.29 is 9.53 Å². The zero-order chi connectivity index (χ0) is 14.0. The minimum Gasteiger partial charge on any atom is -0.444 e. The van der Waals surface area contributed by atoms with Crippen molar-refractivity contribution in [1.82, 2.24) is 5.32 Å². The third-order valence-electron chi connectivity index (χ3n) is 3.35. The molecule has 0 aliphatic heterocycles. The number of nitrogens with one attached hydrogen (secondary N) is 1. The number of hydrogen-bond donors (Lipinski definition) is 2. The Morgan fingerprint density at radius 2 is 1.94 bits per heavy atom. The van der Waals surface area contributed by atoms with E-state index in [1.807, 2.05) is 20.8 Å². The first-order valence-corrected chi connectivity index (χ1v) is 6.90. The Balaban J connectivity index is 2.39. The standard InChI is InChI=1S/C14H28N2O2/c1-10(2)11(6-7-14(15)8-9-14)16-12(17)18-13(3,4)5/h10-11H,6-9,15H2,1-5H3,(H,16,17). The lowest BCUT2D eigenvalue weighted by Gasteiger charge is -2.26. The second kappa shape index (κ2) is 5.47. The van der Waals surface area contributed by atoms with Gasteiger partial charge in [-0.2, -0.15) is 0 Å². The Bertz CT molecular complexity index is 291. The predicted octanol–water partition coefficient (Wildman–Crippen LogP) is 2.81. The first-order valence-electron chi connectivity index (χ1n) is 6.90. The van der Waals surface area contributed by atoms with Crippen molar-refractivity contribution in [3.63, 3.8) is 0 Å². The van der Waals surface area contributed by atoms with Gasteiger partial charge in [0.15, 0.2) is 0 Å². The Morgan fingerprint density at radius 1 is 1.39 bits per heavy atom. The van der Waals surface area contributed by atoms with E-state index in [9.17, 15) is 4.79 Å². The van der Waals surface area contributed by atoms with Crippen molar-refractivity contribution in [3.8, 4) is 0 Å². The summed E-state index contributed by atoms with van der Waals surface area (Å²) in [6.07, 6.45) is 3.80. The third kappa shape index (κ3) is 5.71. The molecule has 0 aromatic carbocycles. The molecule has 0 aromatic rings. The van der Waals surface area contributed by atoms with Gasteiger partial charge in [-0.1, -0.05) is 13.8 Å². The topological polar surface area (TPSA) is 64.3 Å². The van der Waals surface area contributed by atoms with Gasteiger partial charge in [-0.05, 0) is 52.4 Å². The van der Waals surface area contributed by atoms with Gasteiger partial charge in [0.25, 0.3) is 0 Å². The summed E-state index contributed by atoms with van der Waals surface area (Å²) in [5.74, 6) is 0.389. The largest absolute Gasteiger partial charge is 0.444 e. The van der Waals surface area contributed by atoms with Crippen LogP contribution < -0.4 is 11.1 Å². The number of carbonyl (C=O) groups is 1. The number of hydrogen-bond acceptors (Lipinski definition) is 3. The average Bonchev–Trinajstić information content (AvgIpc) is 2.88. The molecule has 0 heterocycles. The Labute approximate surface area is 111 Å². The van der Waals surface area contributed by atoms with E-state index in [1.54, 1.807) is 0 Å². The van der Waals surface area contributed by atoms with Crippen molar-refractivity contribution in [3.05, 3.63) is 0 Å². The number of carbonyl (C=O) groups excluding carboxylic acids is 1. The fraction of sp³-hybridized carbons (Fsp3) is 0.929. The van der Waals surface area contributed by atoms with Crippen LogP contribution in [0.5, 0.6) is 0 Å². The first-order chi connectivity index (χ1) is 8.11. The average molecular weight is 256 g/mol. The molecule has 0 bridgehead atoms. The lowest BCUT2D eigenvalue weighted by molar-refractivity contribution is 0.0485. The van der Waals surface area contributed by atoms with Gasteiger partial charge in [-0.3, -0.25) is 0 Å². The van der Waals surface area contributed by atoms with Crippen LogP contribution in [-0.4, -0.2) is 23.3 Å². The molecule has 1 amide bonds. The van der Waals surface area contributed by atoms with Gasteiger partial charge in [0.1, 0.15) is 5.60 Å². The molecule has 0 saturated heterocycles. The molecule has 1 saturated carbocycles. The molecule has 0 radical (unpaired) electrons. The van der Waals surface area contributed by atoms with E-state index >= 15 is 0 Å². The van der Waals surface area contributed by atoms with E-state index < -0.39 is 5.60 Å². The van der Waals surface area contributed by atoms with E-state index in [-0.39, 0.29) is 17.7 Å². The lowest BCUT2D eigenvalue weighted by Crippen LogP contribution is -2.42. The van der Waals surface area contributed by atoms with E-state index in [0.717, 1.165) is 25.7 Å². The van der Waals surface area contributed by atoms with Gasteiger partial charge >= 0.3 is 6.09 Å². The summed E-state index contributed by atoms with van der Waals surface area (Å²) in [6, 6.07) is 0.140. The van der Waals surface area contributed by atoms with Gasteiger partial charge in [0, 0.05) is 11.6 Å². The van der Waals surface area contributed by atoms with Crippen LogP contribution in [0.15, 0.2) is 0 Å². The molecule has 18 heavy (non-hydrogen) atoms. The summed E-state index contributed by atoms with van der Waals surface area (Å²) in [5.41, 5.74) is 5.68. The quantitative estimate of drug-likeness (QED) is 0.795. The van der Waals surface area contributed by atoms with Crippen LogP contribution in [0.2, 0.25) is 0 Å². The van der Waals surface area contributed by atoms with Gasteiger partial charge in [-0.25, -0.2) is 4.79 Å². The van der Waals surface area contributed by atoms with Crippen molar-refractivity contribution in [2.24, 2.45) is 11.7 Å². The van der Waals surface area contributed by atoms with Crippen molar-refractivity contribution in [2.75, 3.05) is 0 Å². The van der Waals surface area contributed by atoms with Crippen molar-refractivity contribution in [2.45, 2.75) is 77.5 Å². The van der Waals surface area contributed by atoms with Crippen molar-refractivity contribution in [1.29, 1.82) is 0 Å². The maximum atomic E-state index is 11.7. The molecular weight excluding hydrogens is 228 g/mol. The van der Waals surface area contributed by atoms with Gasteiger partial charge < -0.3 is 15.8 Å². The summed E-state index contributed by atoms with van der Waals surface area (Å²) in [5, 5.41) is 2.96. The molecule has 4 nitrogen and oxygen atoms in total. The van der Waals surface area contributed by atoms with Crippen molar-refractivity contribution >= 4 is 6.09 Å². The SMILES string of the molecule is CC(C)C(CCC1(N)CC1)NC(=O)OC(C)(C)C. The van der Waals surface area contributed by atoms with Crippen LogP contribution in [0.3, 0.4) is 0 Å². The van der Waals surface area contributed by atoms with Crippen LogP contribution in [0, 0.1) is 5.92 Å². The maximum Gasteiger partial charge on any atom is 0.407 e. The Hall–Kier alpha value is -0.770. The second-order valence-electron chi connectivity index (χ2n) is 6.90. The molecule has 1 aliphatic rings. The summed E-state index contributed by atoms with van der Waals surface area (Å²) in [6.45, 7) is 9.83. The number of rotatable bonds is 5. The number of nitrogens with two attached hydrogens (primary N) is 1. The minimum absolute atomic E-state index is 0.0444. The molecule has 0 spiro atoms. The molecule has 1 fully saturated rings. The second-order valence-corrected chi connectivity index (χ2v) is 6.90. The third-order valence-corrected chi connectivity index (χ3v) is 3.35. The molecule has 1 rings (SSSR count). The Morgan fingerprint density at radius 3 is 2.33 bits per heavy atom. The molecule has 3 N–H and O–H groups in total. The molecular formula is C14H28N2O2. The van der Waals surface area contributed by atoms with E-state index in [4.69, 9.17) is 10.5 Å². The predicted molar refractivity (Wildman–Crippen MR) is 73.4 cm³/mol. The van der Waals surface area contributed by atoms with E-state index in [2.05, 4.69) is 19.2 Å². The molecule has 1 atom stereocenters. The Kier molecular flexibility index (Phi) is 4.65. The smallest absolute Gasteiger partial charge is 0.407 e. The summed E-state index contributed by atoms with van der Waals surface area (Å²) in [7, 11) is 0. The zero-order valence-electron chi connectivity index (χ0n) is 12.4. The summed E-state index contributed by atoms with van der Waals surface area (Å²) < 4.78 is 5.28. The highest BCUT2D eigenvalue weighted by Gasteiger charge is 2.38. The van der Waals surface area contributed by atoms with E-state index in [0.29, 0.717) is 5.92 Å². The molecule has 1 aliphatic carbocycles. The van der Waals surface area contributed by atoms with Crippen LogP contribution in [0.1, 0.15) is 60.3 Å². The van der Waals surface area contributed by atoms with E-state index in [1.165, 1.54) is 0 Å². The minimum atomic E-state index is -0.447. The molecule has 1 unspecified atom stereocenters. The first kappa shape index (κ1) is 15.3. The van der Waals surface area contributed by atoms with Crippen LogP contribution >= 0.6 is 0 Å². The summed E-state index contributed by atoms with van der Waals surface area (Å²) in [4.78, 5) is 11.7. The zero-order valence-corrected chi connectivity index (χ0v) is 12.4.